The molecule has 0 aromatic carbocycles. The van der Waals surface area contributed by atoms with Gasteiger partial charge < -0.3 is 15.1 Å². The van der Waals surface area contributed by atoms with Gasteiger partial charge >= 0.3 is 0 Å². The summed E-state index contributed by atoms with van der Waals surface area (Å²) in [6.45, 7) is 4.41. The van der Waals surface area contributed by atoms with Gasteiger partial charge in [-0.3, -0.25) is 4.79 Å². The molecule has 1 atom stereocenters. The summed E-state index contributed by atoms with van der Waals surface area (Å²) >= 11 is 0. The largest absolute Gasteiger partial charge is 0.353 e. The van der Waals surface area contributed by atoms with Crippen LogP contribution in [-0.2, 0) is 0 Å². The Morgan fingerprint density at radius 3 is 2.73 bits per heavy atom. The normalized spacial score (nSPS) is 20.2. The van der Waals surface area contributed by atoms with E-state index >= 15 is 0 Å². The smallest absolute Gasteiger partial charge is 0.251 e. The van der Waals surface area contributed by atoms with E-state index in [0.717, 1.165) is 44.1 Å². The van der Waals surface area contributed by atoms with Crippen LogP contribution in [0.25, 0.3) is 0 Å². The minimum atomic E-state index is -0.328. The van der Waals surface area contributed by atoms with Crippen molar-refractivity contribution < 1.29 is 9.18 Å². The number of nitrogens with zero attached hydrogens (tertiary/aromatic N) is 4. The van der Waals surface area contributed by atoms with Crippen LogP contribution in [0.3, 0.4) is 0 Å². The van der Waals surface area contributed by atoms with Crippen molar-refractivity contribution in [3.8, 4) is 0 Å². The van der Waals surface area contributed by atoms with Crippen molar-refractivity contribution in [1.29, 1.82) is 0 Å². The number of rotatable bonds is 4. The van der Waals surface area contributed by atoms with Crippen LogP contribution in [-0.4, -0.2) is 47.6 Å². The van der Waals surface area contributed by atoms with Crippen LogP contribution in [0.4, 0.5) is 16.0 Å². The summed E-state index contributed by atoms with van der Waals surface area (Å²) in [5, 5.41) is 3.01. The number of carbonyl (C=O) groups excluding carboxylic acids is 1. The summed E-state index contributed by atoms with van der Waals surface area (Å²) in [7, 11) is 0. The van der Waals surface area contributed by atoms with E-state index in [1.165, 1.54) is 12.3 Å². The van der Waals surface area contributed by atoms with Gasteiger partial charge in [0.25, 0.3) is 5.91 Å². The van der Waals surface area contributed by atoms with Crippen molar-refractivity contribution in [1.82, 2.24) is 15.3 Å². The fourth-order valence-electron chi connectivity index (χ4n) is 3.27. The van der Waals surface area contributed by atoms with E-state index < -0.39 is 0 Å². The summed E-state index contributed by atoms with van der Waals surface area (Å²) in [5.41, 5.74) is 0.650. The van der Waals surface area contributed by atoms with Crippen LogP contribution in [0.1, 0.15) is 30.1 Å². The fourth-order valence-corrected chi connectivity index (χ4v) is 3.27. The van der Waals surface area contributed by atoms with Crippen LogP contribution in [0, 0.1) is 5.82 Å². The molecule has 0 radical (unpaired) electrons. The molecule has 1 N–H and O–H groups in total. The molecule has 1 amide bonds. The van der Waals surface area contributed by atoms with E-state index in [-0.39, 0.29) is 17.8 Å². The van der Waals surface area contributed by atoms with Crippen LogP contribution in [0.5, 0.6) is 0 Å². The minimum Gasteiger partial charge on any atom is -0.353 e. The average Bonchev–Trinajstić information content (AvgIpc) is 3.47. The molecule has 2 aromatic rings. The highest BCUT2D eigenvalue weighted by atomic mass is 19.1. The van der Waals surface area contributed by atoms with Crippen LogP contribution < -0.4 is 15.1 Å². The zero-order valence-corrected chi connectivity index (χ0v) is 14.7. The van der Waals surface area contributed by atoms with Crippen molar-refractivity contribution in [3.05, 3.63) is 48.0 Å². The van der Waals surface area contributed by atoms with E-state index in [1.54, 1.807) is 18.3 Å². The third-order valence-corrected chi connectivity index (χ3v) is 4.88. The second-order valence-corrected chi connectivity index (χ2v) is 6.97. The molecule has 0 bridgehead atoms. The summed E-state index contributed by atoms with van der Waals surface area (Å²) in [5.74, 6) is 1.24. The zero-order chi connectivity index (χ0) is 18.1. The molecule has 1 saturated heterocycles. The van der Waals surface area contributed by atoms with E-state index in [9.17, 15) is 9.18 Å². The maximum atomic E-state index is 13.1. The molecule has 3 heterocycles. The monoisotopic (exact) mass is 355 g/mol. The molecule has 136 valence electrons. The summed E-state index contributed by atoms with van der Waals surface area (Å²) in [6.07, 6.45) is 5.08. The number of nitrogens with one attached hydrogen (secondary N) is 1. The van der Waals surface area contributed by atoms with Crippen LogP contribution in [0.2, 0.25) is 0 Å². The molecule has 26 heavy (non-hydrogen) atoms. The molecule has 1 saturated carbocycles. The molecule has 1 unspecified atom stereocenters. The van der Waals surface area contributed by atoms with E-state index in [4.69, 9.17) is 0 Å². The second kappa shape index (κ2) is 6.90. The molecule has 4 rings (SSSR count). The van der Waals surface area contributed by atoms with Gasteiger partial charge in [-0.1, -0.05) is 0 Å². The maximum absolute atomic E-state index is 13.1. The van der Waals surface area contributed by atoms with Crippen molar-refractivity contribution in [2.24, 2.45) is 0 Å². The molecule has 1 aliphatic heterocycles. The van der Waals surface area contributed by atoms with Crippen molar-refractivity contribution in [2.75, 3.05) is 29.4 Å². The molecule has 7 heteroatoms. The van der Waals surface area contributed by atoms with Crippen molar-refractivity contribution in [2.45, 2.75) is 31.8 Å². The lowest BCUT2D eigenvalue weighted by Crippen LogP contribution is -2.52. The predicted octanol–water partition coefficient (Wildman–Crippen LogP) is 2.22. The first-order valence-electron chi connectivity index (χ1n) is 9.00. The Bertz CT molecular complexity index is 793. The van der Waals surface area contributed by atoms with Crippen LogP contribution in [0.15, 0.2) is 36.7 Å². The SMILES string of the molecule is CC1CN(c2cc(C(=O)NC3CC3)ccn2)CCN1c1ccc(F)cn1. The van der Waals surface area contributed by atoms with E-state index in [2.05, 4.69) is 32.0 Å². The molecule has 2 fully saturated rings. The van der Waals surface area contributed by atoms with Gasteiger partial charge in [0.15, 0.2) is 0 Å². The Kier molecular flexibility index (Phi) is 4.44. The molecular weight excluding hydrogens is 333 g/mol. The molecule has 0 spiro atoms. The highest BCUT2D eigenvalue weighted by molar-refractivity contribution is 5.95. The second-order valence-electron chi connectivity index (χ2n) is 6.97. The van der Waals surface area contributed by atoms with Gasteiger partial charge in [0, 0.05) is 43.5 Å². The highest BCUT2D eigenvalue weighted by Crippen LogP contribution is 2.23. The number of amides is 1. The lowest BCUT2D eigenvalue weighted by molar-refractivity contribution is 0.0951. The highest BCUT2D eigenvalue weighted by Gasteiger charge is 2.27. The molecule has 2 aromatic heterocycles. The summed E-state index contributed by atoms with van der Waals surface area (Å²) < 4.78 is 13.1. The molecule has 2 aliphatic rings. The summed E-state index contributed by atoms with van der Waals surface area (Å²) in [6, 6.07) is 7.30. The average molecular weight is 355 g/mol. The molecule has 1 aliphatic carbocycles. The number of pyridine rings is 2. The lowest BCUT2D eigenvalue weighted by Gasteiger charge is -2.41. The Balaban J connectivity index is 1.45. The fraction of sp³-hybridized carbons (Fsp3) is 0.421. The van der Waals surface area contributed by atoms with Gasteiger partial charge in [0.1, 0.15) is 17.5 Å². The predicted molar refractivity (Wildman–Crippen MR) is 97.9 cm³/mol. The standard InChI is InChI=1S/C19H22FN5O/c1-13-12-24(8-9-25(13)17-5-2-15(20)11-22-17)18-10-14(6-7-21-18)19(26)23-16-3-4-16/h2,5-7,10-11,13,16H,3-4,8-9,12H2,1H3,(H,23,26). The first-order valence-corrected chi connectivity index (χ1v) is 9.00. The number of hydrogen-bond acceptors (Lipinski definition) is 5. The quantitative estimate of drug-likeness (QED) is 0.911. The summed E-state index contributed by atoms with van der Waals surface area (Å²) in [4.78, 5) is 25.2. The number of hydrogen-bond donors (Lipinski definition) is 1. The Morgan fingerprint density at radius 2 is 2.04 bits per heavy atom. The van der Waals surface area contributed by atoms with Gasteiger partial charge in [-0.2, -0.15) is 0 Å². The third-order valence-electron chi connectivity index (χ3n) is 4.88. The van der Waals surface area contributed by atoms with Crippen molar-refractivity contribution >= 4 is 17.5 Å². The minimum absolute atomic E-state index is 0.0293. The lowest BCUT2D eigenvalue weighted by atomic mass is 10.1. The molecular formula is C19H22FN5O. The van der Waals surface area contributed by atoms with Gasteiger partial charge in [-0.15, -0.1) is 0 Å². The number of anilines is 2. The van der Waals surface area contributed by atoms with Crippen molar-refractivity contribution in [3.63, 3.8) is 0 Å². The number of aromatic nitrogens is 2. The molecule has 6 nitrogen and oxygen atoms in total. The van der Waals surface area contributed by atoms with E-state index in [1.807, 2.05) is 6.07 Å². The number of piperazine rings is 1. The number of halogens is 1. The number of carbonyl (C=O) groups is 1. The maximum Gasteiger partial charge on any atom is 0.251 e. The van der Waals surface area contributed by atoms with Gasteiger partial charge in [-0.25, -0.2) is 14.4 Å². The zero-order valence-electron chi connectivity index (χ0n) is 14.7. The van der Waals surface area contributed by atoms with E-state index in [0.29, 0.717) is 11.6 Å². The Hall–Kier alpha value is -2.70. The Labute approximate surface area is 152 Å². The van der Waals surface area contributed by atoms with Gasteiger partial charge in [0.2, 0.25) is 0 Å². The van der Waals surface area contributed by atoms with Gasteiger partial charge in [0.05, 0.1) is 6.20 Å². The van der Waals surface area contributed by atoms with Gasteiger partial charge in [-0.05, 0) is 44.0 Å². The topological polar surface area (TPSA) is 61.4 Å². The first kappa shape index (κ1) is 16.8. The first-order chi connectivity index (χ1) is 12.6. The Morgan fingerprint density at radius 1 is 1.19 bits per heavy atom. The van der Waals surface area contributed by atoms with Crippen LogP contribution >= 0.6 is 0 Å². The third kappa shape index (κ3) is 3.61.